The first kappa shape index (κ1) is 17.6. The zero-order chi connectivity index (χ0) is 19.1. The fraction of sp³-hybridized carbons (Fsp3) is 0.0526. The minimum atomic E-state index is -4.24. The summed E-state index contributed by atoms with van der Waals surface area (Å²) in [5.41, 5.74) is 1.09. The van der Waals surface area contributed by atoms with Crippen molar-refractivity contribution in [2.45, 2.75) is 11.8 Å². The van der Waals surface area contributed by atoms with Gasteiger partial charge in [-0.25, -0.2) is 13.0 Å². The van der Waals surface area contributed by atoms with Gasteiger partial charge in [-0.2, -0.15) is 0 Å². The third kappa shape index (κ3) is 3.09. The number of sulfonamides is 1. The van der Waals surface area contributed by atoms with Crippen molar-refractivity contribution in [3.05, 3.63) is 84.4 Å². The SMILES string of the molecule is Cc1ccc(S(=O)(=O)N2c3ccccc3OP2(=O)Oc2ccccc2)cc1. The van der Waals surface area contributed by atoms with Crippen LogP contribution in [0, 0.1) is 6.92 Å². The van der Waals surface area contributed by atoms with Gasteiger partial charge in [-0.1, -0.05) is 48.0 Å². The Bertz CT molecular complexity index is 1130. The lowest BCUT2D eigenvalue weighted by Crippen LogP contribution is -2.28. The monoisotopic (exact) mass is 401 g/mol. The first-order chi connectivity index (χ1) is 12.9. The highest BCUT2D eigenvalue weighted by molar-refractivity contribution is 8.00. The molecule has 8 heteroatoms. The molecule has 1 atom stereocenters. The summed E-state index contributed by atoms with van der Waals surface area (Å²) in [6.07, 6.45) is 0. The van der Waals surface area contributed by atoms with E-state index in [4.69, 9.17) is 9.05 Å². The number of aryl methyl sites for hydroxylation is 1. The summed E-state index contributed by atoms with van der Waals surface area (Å²) in [7, 11) is -8.41. The molecule has 0 bridgehead atoms. The highest BCUT2D eigenvalue weighted by atomic mass is 32.2. The average Bonchev–Trinajstić information content (AvgIpc) is 2.95. The zero-order valence-corrected chi connectivity index (χ0v) is 16.1. The van der Waals surface area contributed by atoms with Crippen molar-refractivity contribution < 1.29 is 22.0 Å². The van der Waals surface area contributed by atoms with E-state index in [0.29, 0.717) is 0 Å². The van der Waals surface area contributed by atoms with E-state index >= 15 is 0 Å². The second-order valence-corrected chi connectivity index (χ2v) is 9.75. The average molecular weight is 401 g/mol. The van der Waals surface area contributed by atoms with Gasteiger partial charge < -0.3 is 9.05 Å². The van der Waals surface area contributed by atoms with Crippen LogP contribution in [0.4, 0.5) is 5.69 Å². The van der Waals surface area contributed by atoms with Gasteiger partial charge in [-0.05, 0) is 43.3 Å². The molecule has 3 aromatic carbocycles. The third-order valence-corrected chi connectivity index (χ3v) is 8.31. The molecule has 27 heavy (non-hydrogen) atoms. The summed E-state index contributed by atoms with van der Waals surface area (Å²) in [5, 5.41) is 0. The van der Waals surface area contributed by atoms with E-state index in [2.05, 4.69) is 0 Å². The molecule has 0 N–H and O–H groups in total. The summed E-state index contributed by atoms with van der Waals surface area (Å²) < 4.78 is 52.0. The number of benzene rings is 3. The quantitative estimate of drug-likeness (QED) is 0.589. The summed E-state index contributed by atoms with van der Waals surface area (Å²) in [4.78, 5) is 0.00490. The number of rotatable bonds is 4. The van der Waals surface area contributed by atoms with Gasteiger partial charge in [-0.3, -0.25) is 0 Å². The fourth-order valence-electron chi connectivity index (χ4n) is 2.73. The van der Waals surface area contributed by atoms with E-state index in [-0.39, 0.29) is 22.1 Å². The van der Waals surface area contributed by atoms with Crippen molar-refractivity contribution in [1.29, 1.82) is 0 Å². The molecule has 0 saturated carbocycles. The van der Waals surface area contributed by atoms with Crippen molar-refractivity contribution >= 4 is 23.5 Å². The maximum absolute atomic E-state index is 13.6. The van der Waals surface area contributed by atoms with Crippen molar-refractivity contribution in [3.63, 3.8) is 0 Å². The van der Waals surface area contributed by atoms with Crippen LogP contribution in [0.15, 0.2) is 83.8 Å². The molecule has 0 spiro atoms. The molecule has 6 nitrogen and oxygen atoms in total. The lowest BCUT2D eigenvalue weighted by molar-refractivity contribution is 0.398. The molecular weight excluding hydrogens is 385 g/mol. The van der Waals surface area contributed by atoms with Gasteiger partial charge in [0.1, 0.15) is 11.4 Å². The summed E-state index contributed by atoms with van der Waals surface area (Å²) in [6.45, 7) is 1.86. The molecule has 0 amide bonds. The largest absolute Gasteiger partial charge is 0.558 e. The van der Waals surface area contributed by atoms with Crippen LogP contribution < -0.4 is 13.1 Å². The van der Waals surface area contributed by atoms with Crippen molar-refractivity contribution in [1.82, 2.24) is 0 Å². The van der Waals surface area contributed by atoms with Crippen molar-refractivity contribution in [2.75, 3.05) is 4.08 Å². The highest BCUT2D eigenvalue weighted by Gasteiger charge is 2.52. The molecule has 4 rings (SSSR count). The van der Waals surface area contributed by atoms with Gasteiger partial charge in [-0.15, -0.1) is 4.08 Å². The predicted octanol–water partition coefficient (Wildman–Crippen LogP) is 4.77. The fourth-order valence-corrected chi connectivity index (χ4v) is 6.76. The lowest BCUT2D eigenvalue weighted by atomic mass is 10.2. The zero-order valence-electron chi connectivity index (χ0n) is 14.3. The van der Waals surface area contributed by atoms with E-state index in [0.717, 1.165) is 9.64 Å². The van der Waals surface area contributed by atoms with Gasteiger partial charge in [0.2, 0.25) is 0 Å². The van der Waals surface area contributed by atoms with E-state index in [1.54, 1.807) is 60.7 Å². The summed E-state index contributed by atoms with van der Waals surface area (Å²) in [6, 6.07) is 21.1. The second-order valence-electron chi connectivity index (χ2n) is 5.99. The Morgan fingerprint density at radius 2 is 1.52 bits per heavy atom. The molecule has 0 aliphatic carbocycles. The van der Waals surface area contributed by atoms with Gasteiger partial charge in [0.05, 0.1) is 4.90 Å². The van der Waals surface area contributed by atoms with Crippen LogP contribution in [0.25, 0.3) is 0 Å². The molecule has 0 radical (unpaired) electrons. The number of fused-ring (bicyclic) bond motifs is 1. The standard InChI is InChI=1S/C19H16NO5PS/c1-15-11-13-17(14-12-15)27(22,23)20-18-9-5-6-10-19(18)25-26(20,21)24-16-7-3-2-4-8-16/h2-14H,1H3. The molecule has 0 aromatic heterocycles. The van der Waals surface area contributed by atoms with Crippen LogP contribution in [-0.4, -0.2) is 8.42 Å². The number of hydrogen-bond donors (Lipinski definition) is 0. The second kappa shape index (κ2) is 6.44. The molecule has 1 heterocycles. The van der Waals surface area contributed by atoms with Crippen LogP contribution in [0.2, 0.25) is 0 Å². The third-order valence-electron chi connectivity index (χ3n) is 4.02. The number of hydrogen-bond acceptors (Lipinski definition) is 5. The first-order valence-electron chi connectivity index (χ1n) is 8.16. The minimum Gasteiger partial charge on any atom is -0.400 e. The lowest BCUT2D eigenvalue weighted by Gasteiger charge is -2.23. The molecule has 1 aliphatic heterocycles. The van der Waals surface area contributed by atoms with E-state index in [9.17, 15) is 13.0 Å². The number of nitrogens with zero attached hydrogens (tertiary/aromatic N) is 1. The maximum atomic E-state index is 13.6. The Morgan fingerprint density at radius 3 is 2.22 bits per heavy atom. The van der Waals surface area contributed by atoms with Crippen LogP contribution in [-0.2, 0) is 14.6 Å². The first-order valence-corrected chi connectivity index (χ1v) is 11.1. The molecule has 3 aromatic rings. The predicted molar refractivity (Wildman–Crippen MR) is 103 cm³/mol. The van der Waals surface area contributed by atoms with Crippen LogP contribution >= 0.6 is 7.75 Å². The topological polar surface area (TPSA) is 72.9 Å². The van der Waals surface area contributed by atoms with E-state index < -0.39 is 17.8 Å². The molecule has 138 valence electrons. The maximum Gasteiger partial charge on any atom is 0.558 e. The van der Waals surface area contributed by atoms with Gasteiger partial charge >= 0.3 is 7.75 Å². The molecule has 1 aliphatic rings. The summed E-state index contributed by atoms with van der Waals surface area (Å²) in [5.74, 6) is 0.435. The Kier molecular flexibility index (Phi) is 4.21. The van der Waals surface area contributed by atoms with E-state index in [1.807, 2.05) is 6.92 Å². The van der Waals surface area contributed by atoms with Crippen LogP contribution in [0.1, 0.15) is 5.56 Å². The Hall–Kier alpha value is -2.76. The van der Waals surface area contributed by atoms with E-state index in [1.165, 1.54) is 18.2 Å². The molecule has 1 unspecified atom stereocenters. The molecular formula is C19H16NO5PS. The van der Waals surface area contributed by atoms with Crippen molar-refractivity contribution in [3.8, 4) is 11.5 Å². The molecule has 0 fully saturated rings. The molecule has 0 saturated heterocycles. The number of para-hydroxylation sites is 3. The normalized spacial score (nSPS) is 18.6. The van der Waals surface area contributed by atoms with Gasteiger partial charge in [0.25, 0.3) is 10.0 Å². The van der Waals surface area contributed by atoms with Crippen LogP contribution in [0.3, 0.4) is 0 Å². The van der Waals surface area contributed by atoms with Crippen LogP contribution in [0.5, 0.6) is 11.5 Å². The minimum absolute atomic E-state index is 0.00490. The smallest absolute Gasteiger partial charge is 0.400 e. The Labute approximate surface area is 157 Å². The number of anilines is 1. The Morgan fingerprint density at radius 1 is 0.889 bits per heavy atom. The summed E-state index contributed by atoms with van der Waals surface area (Å²) >= 11 is 0. The van der Waals surface area contributed by atoms with Gasteiger partial charge in [0, 0.05) is 0 Å². The van der Waals surface area contributed by atoms with Gasteiger partial charge in [0.15, 0.2) is 5.75 Å². The van der Waals surface area contributed by atoms with Crippen molar-refractivity contribution in [2.24, 2.45) is 0 Å². The highest BCUT2D eigenvalue weighted by Crippen LogP contribution is 2.64. The Balaban J connectivity index is 1.85.